The zero-order valence-electron chi connectivity index (χ0n) is 15.8. The summed E-state index contributed by atoms with van der Waals surface area (Å²) in [4.78, 5) is 4.53. The van der Waals surface area contributed by atoms with Crippen LogP contribution in [-0.4, -0.2) is 34.0 Å². The van der Waals surface area contributed by atoms with Gasteiger partial charge in [0.05, 0.1) is 30.0 Å². The molecule has 0 radical (unpaired) electrons. The number of phenols is 1. The number of nitrogens with zero attached hydrogens (tertiary/aromatic N) is 2. The van der Waals surface area contributed by atoms with Gasteiger partial charge < -0.3 is 19.7 Å². The Bertz CT molecular complexity index is 1150. The van der Waals surface area contributed by atoms with Gasteiger partial charge in [0.2, 0.25) is 0 Å². The first-order valence-electron chi connectivity index (χ1n) is 9.61. The maximum atomic E-state index is 9.67. The Labute approximate surface area is 168 Å². The number of ether oxygens (including phenoxy) is 1. The molecule has 0 unspecified atom stereocenters. The molecule has 1 aliphatic rings. The zero-order chi connectivity index (χ0) is 19.7. The number of fused-ring (bicyclic) bond motifs is 1. The Morgan fingerprint density at radius 1 is 1.03 bits per heavy atom. The molecule has 6 heteroatoms. The highest BCUT2D eigenvalue weighted by atomic mass is 16.5. The summed E-state index contributed by atoms with van der Waals surface area (Å²) in [7, 11) is 0. The van der Waals surface area contributed by atoms with Crippen molar-refractivity contribution in [2.45, 2.75) is 18.5 Å². The van der Waals surface area contributed by atoms with Gasteiger partial charge in [0.15, 0.2) is 5.76 Å². The van der Waals surface area contributed by atoms with E-state index in [1.54, 1.807) is 18.2 Å². The van der Waals surface area contributed by atoms with E-state index in [4.69, 9.17) is 9.26 Å². The number of hydrogen-bond donors (Lipinski definition) is 2. The maximum Gasteiger partial charge on any atom is 0.167 e. The number of aromatic hydroxyl groups is 1. The topological polar surface area (TPSA) is 80.4 Å². The lowest BCUT2D eigenvalue weighted by Crippen LogP contribution is -2.61. The number of nitrogens with one attached hydrogen (secondary N) is 1. The Hall–Kier alpha value is -3.22. The lowest BCUT2D eigenvalue weighted by atomic mass is 9.90. The molecule has 2 aromatic heterocycles. The minimum absolute atomic E-state index is 0.168. The summed E-state index contributed by atoms with van der Waals surface area (Å²) >= 11 is 0. The van der Waals surface area contributed by atoms with Crippen molar-refractivity contribution >= 4 is 10.9 Å². The Kier molecular flexibility index (Phi) is 4.50. The Balaban J connectivity index is 1.29. The summed E-state index contributed by atoms with van der Waals surface area (Å²) in [6.45, 7) is 1.96. The highest BCUT2D eigenvalue weighted by molar-refractivity contribution is 5.78. The van der Waals surface area contributed by atoms with Gasteiger partial charge in [-0.3, -0.25) is 4.98 Å². The largest absolute Gasteiger partial charge is 0.508 e. The fourth-order valence-corrected chi connectivity index (χ4v) is 3.65. The van der Waals surface area contributed by atoms with E-state index in [1.807, 2.05) is 36.5 Å². The van der Waals surface area contributed by atoms with Gasteiger partial charge in [-0.2, -0.15) is 0 Å². The average Bonchev–Trinajstić information content (AvgIpc) is 3.18. The van der Waals surface area contributed by atoms with Crippen molar-refractivity contribution in [3.05, 3.63) is 78.1 Å². The van der Waals surface area contributed by atoms with Crippen LogP contribution in [0.1, 0.15) is 11.3 Å². The number of hydrogen-bond acceptors (Lipinski definition) is 6. The zero-order valence-corrected chi connectivity index (χ0v) is 15.8. The summed E-state index contributed by atoms with van der Waals surface area (Å²) < 4.78 is 11.0. The third kappa shape index (κ3) is 3.72. The normalized spacial score (nSPS) is 15.3. The third-order valence-electron chi connectivity index (χ3n) is 5.28. The van der Waals surface area contributed by atoms with Crippen molar-refractivity contribution < 1.29 is 14.4 Å². The summed E-state index contributed by atoms with van der Waals surface area (Å²) in [6.07, 6.45) is 2.62. The highest BCUT2D eigenvalue weighted by Gasteiger charge is 2.39. The van der Waals surface area contributed by atoms with Crippen molar-refractivity contribution in [3.63, 3.8) is 0 Å². The molecule has 2 N–H and O–H groups in total. The Morgan fingerprint density at radius 2 is 1.93 bits per heavy atom. The summed E-state index contributed by atoms with van der Waals surface area (Å²) in [5, 5.41) is 18.7. The van der Waals surface area contributed by atoms with Gasteiger partial charge in [-0.1, -0.05) is 35.5 Å². The van der Waals surface area contributed by atoms with Crippen LogP contribution in [0.5, 0.6) is 5.75 Å². The van der Waals surface area contributed by atoms with Gasteiger partial charge in [-0.15, -0.1) is 0 Å². The summed E-state index contributed by atoms with van der Waals surface area (Å²) in [5.41, 5.74) is 3.63. The molecule has 29 heavy (non-hydrogen) atoms. The fourth-order valence-electron chi connectivity index (χ4n) is 3.65. The van der Waals surface area contributed by atoms with Crippen molar-refractivity contribution in [2.24, 2.45) is 0 Å². The molecule has 1 fully saturated rings. The number of benzene rings is 2. The number of aromatic nitrogens is 2. The van der Waals surface area contributed by atoms with Crippen molar-refractivity contribution in [1.82, 2.24) is 15.5 Å². The van der Waals surface area contributed by atoms with Gasteiger partial charge in [-0.05, 0) is 29.8 Å². The Morgan fingerprint density at radius 3 is 2.76 bits per heavy atom. The van der Waals surface area contributed by atoms with Crippen LogP contribution in [0, 0.1) is 0 Å². The van der Waals surface area contributed by atoms with Gasteiger partial charge >= 0.3 is 0 Å². The third-order valence-corrected chi connectivity index (χ3v) is 5.28. The van der Waals surface area contributed by atoms with Crippen LogP contribution >= 0.6 is 0 Å². The average molecular weight is 387 g/mol. The minimum atomic E-state index is -0.168. The number of rotatable bonds is 6. The molecule has 2 aromatic carbocycles. The number of pyridine rings is 1. The van der Waals surface area contributed by atoms with Crippen LogP contribution in [0.15, 0.2) is 71.4 Å². The van der Waals surface area contributed by atoms with E-state index in [0.29, 0.717) is 31.9 Å². The number of para-hydroxylation sites is 1. The first-order valence-corrected chi connectivity index (χ1v) is 9.61. The standard InChI is InChI=1S/C23H21N3O3/c27-20-6-3-5-18(9-20)22-10-19(26-29-22)11-23(14-28-15-23)25-13-16-8-17-4-1-2-7-21(17)24-12-16/h1-10,12,25,27H,11,13-15H2. The van der Waals surface area contributed by atoms with E-state index >= 15 is 0 Å². The second-order valence-electron chi connectivity index (χ2n) is 7.57. The maximum absolute atomic E-state index is 9.67. The van der Waals surface area contributed by atoms with Crippen molar-refractivity contribution in [1.29, 1.82) is 0 Å². The molecule has 0 amide bonds. The first-order chi connectivity index (χ1) is 14.2. The van der Waals surface area contributed by atoms with Crippen LogP contribution in [0.25, 0.3) is 22.2 Å². The van der Waals surface area contributed by atoms with Crippen LogP contribution < -0.4 is 5.32 Å². The molecule has 4 aromatic rings. The number of phenolic OH excluding ortho intramolecular Hbond substituents is 1. The van der Waals surface area contributed by atoms with Crippen LogP contribution in [0.3, 0.4) is 0 Å². The lowest BCUT2D eigenvalue weighted by molar-refractivity contribution is -0.0755. The van der Waals surface area contributed by atoms with E-state index < -0.39 is 0 Å². The van der Waals surface area contributed by atoms with Gasteiger partial charge in [0.1, 0.15) is 5.75 Å². The van der Waals surface area contributed by atoms with Crippen LogP contribution in [0.2, 0.25) is 0 Å². The van der Waals surface area contributed by atoms with Gasteiger partial charge in [0, 0.05) is 36.2 Å². The lowest BCUT2D eigenvalue weighted by Gasteiger charge is -2.42. The van der Waals surface area contributed by atoms with E-state index in [-0.39, 0.29) is 11.3 Å². The smallest absolute Gasteiger partial charge is 0.167 e. The molecule has 1 aliphatic heterocycles. The monoisotopic (exact) mass is 387 g/mol. The molecule has 0 atom stereocenters. The first kappa shape index (κ1) is 17.8. The molecule has 3 heterocycles. The van der Waals surface area contributed by atoms with Crippen LogP contribution in [0.4, 0.5) is 0 Å². The molecule has 0 saturated carbocycles. The quantitative estimate of drug-likeness (QED) is 0.525. The predicted octanol–water partition coefficient (Wildman–Crippen LogP) is 3.70. The molecular weight excluding hydrogens is 366 g/mol. The van der Waals surface area contributed by atoms with Gasteiger partial charge in [0.25, 0.3) is 0 Å². The summed E-state index contributed by atoms with van der Waals surface area (Å²) in [5.74, 6) is 0.847. The highest BCUT2D eigenvalue weighted by Crippen LogP contribution is 2.28. The molecular formula is C23H21N3O3. The molecule has 0 bridgehead atoms. The molecule has 146 valence electrons. The molecule has 0 aliphatic carbocycles. The second kappa shape index (κ2) is 7.31. The van der Waals surface area contributed by atoms with Crippen molar-refractivity contribution in [2.75, 3.05) is 13.2 Å². The molecule has 6 nitrogen and oxygen atoms in total. The second-order valence-corrected chi connectivity index (χ2v) is 7.57. The van der Waals surface area contributed by atoms with Crippen LogP contribution in [-0.2, 0) is 17.7 Å². The predicted molar refractivity (Wildman–Crippen MR) is 109 cm³/mol. The SMILES string of the molecule is Oc1cccc(-c2cc(CC3(NCc4cnc5ccccc5c4)COC3)no2)c1. The van der Waals surface area contributed by atoms with Crippen molar-refractivity contribution in [3.8, 4) is 17.1 Å². The molecule has 1 saturated heterocycles. The molecule has 0 spiro atoms. The van der Waals surface area contributed by atoms with E-state index in [9.17, 15) is 5.11 Å². The van der Waals surface area contributed by atoms with E-state index in [1.165, 1.54) is 0 Å². The van der Waals surface area contributed by atoms with E-state index in [0.717, 1.165) is 27.7 Å². The minimum Gasteiger partial charge on any atom is -0.508 e. The fraction of sp³-hybridized carbons (Fsp3) is 0.217. The van der Waals surface area contributed by atoms with Gasteiger partial charge in [-0.25, -0.2) is 0 Å². The molecule has 5 rings (SSSR count). The van der Waals surface area contributed by atoms with E-state index in [2.05, 4.69) is 27.6 Å². The summed E-state index contributed by atoms with van der Waals surface area (Å²) in [6, 6.07) is 19.2.